The second-order valence-electron chi connectivity index (χ2n) is 4.74. The molecule has 2 aromatic rings. The molecule has 0 saturated carbocycles. The lowest BCUT2D eigenvalue weighted by molar-refractivity contribution is -0.139. The van der Waals surface area contributed by atoms with Gasteiger partial charge in [0.1, 0.15) is 5.76 Å². The first-order valence-corrected chi connectivity index (χ1v) is 8.09. The predicted molar refractivity (Wildman–Crippen MR) is 93.3 cm³/mol. The number of furan rings is 1. The van der Waals surface area contributed by atoms with Crippen LogP contribution in [0, 0.1) is 0 Å². The number of amides is 2. The predicted octanol–water partition coefficient (Wildman–Crippen LogP) is 1.91. The molecule has 0 aliphatic rings. The molecule has 0 unspecified atom stereocenters. The molecular formula is C16H16BrN3O5. The molecule has 25 heavy (non-hydrogen) atoms. The second-order valence-corrected chi connectivity index (χ2v) is 5.60. The summed E-state index contributed by atoms with van der Waals surface area (Å²) in [6.07, 6.45) is 2.79. The van der Waals surface area contributed by atoms with Crippen LogP contribution < -0.4 is 15.5 Å². The number of phenolic OH excluding ortho intramolecular Hbond substituents is 1. The van der Waals surface area contributed by atoms with Gasteiger partial charge in [0.05, 0.1) is 30.1 Å². The normalized spacial score (nSPS) is 10.6. The van der Waals surface area contributed by atoms with Crippen LogP contribution in [0.1, 0.15) is 18.2 Å². The molecule has 0 atom stereocenters. The number of hydrazone groups is 1. The number of halogens is 1. The van der Waals surface area contributed by atoms with Gasteiger partial charge >= 0.3 is 11.8 Å². The molecule has 1 heterocycles. The van der Waals surface area contributed by atoms with Gasteiger partial charge in [0.2, 0.25) is 0 Å². The van der Waals surface area contributed by atoms with E-state index in [9.17, 15) is 14.7 Å². The molecule has 0 aliphatic carbocycles. The lowest BCUT2D eigenvalue weighted by Crippen LogP contribution is -2.37. The third-order valence-electron chi connectivity index (χ3n) is 2.94. The van der Waals surface area contributed by atoms with Crippen molar-refractivity contribution in [2.75, 3.05) is 6.61 Å². The third kappa shape index (κ3) is 5.35. The molecule has 0 spiro atoms. The largest absolute Gasteiger partial charge is 0.503 e. The van der Waals surface area contributed by atoms with Gasteiger partial charge in [-0.15, -0.1) is 0 Å². The molecule has 3 N–H and O–H groups in total. The minimum Gasteiger partial charge on any atom is -0.503 e. The van der Waals surface area contributed by atoms with E-state index < -0.39 is 11.8 Å². The fourth-order valence-electron chi connectivity index (χ4n) is 1.81. The average molecular weight is 410 g/mol. The van der Waals surface area contributed by atoms with Crippen molar-refractivity contribution >= 4 is 34.0 Å². The van der Waals surface area contributed by atoms with Crippen LogP contribution in [-0.2, 0) is 16.1 Å². The first-order valence-electron chi connectivity index (χ1n) is 7.30. The van der Waals surface area contributed by atoms with Crippen LogP contribution in [0.2, 0.25) is 0 Å². The summed E-state index contributed by atoms with van der Waals surface area (Å²) in [5.74, 6) is -0.968. The van der Waals surface area contributed by atoms with Gasteiger partial charge in [-0.05, 0) is 52.7 Å². The van der Waals surface area contributed by atoms with E-state index in [1.54, 1.807) is 31.2 Å². The highest BCUT2D eigenvalue weighted by Gasteiger charge is 2.13. The molecule has 1 aromatic heterocycles. The number of hydrogen-bond donors (Lipinski definition) is 3. The first-order chi connectivity index (χ1) is 12.0. The van der Waals surface area contributed by atoms with E-state index >= 15 is 0 Å². The van der Waals surface area contributed by atoms with E-state index in [0.717, 1.165) is 0 Å². The smallest absolute Gasteiger partial charge is 0.329 e. The zero-order valence-electron chi connectivity index (χ0n) is 13.3. The van der Waals surface area contributed by atoms with E-state index in [1.165, 1.54) is 12.5 Å². The van der Waals surface area contributed by atoms with Crippen LogP contribution in [0.3, 0.4) is 0 Å². The summed E-state index contributed by atoms with van der Waals surface area (Å²) < 4.78 is 10.7. The highest BCUT2D eigenvalue weighted by Crippen LogP contribution is 2.34. The number of carbonyl (C=O) groups is 2. The van der Waals surface area contributed by atoms with Crippen LogP contribution in [-0.4, -0.2) is 29.7 Å². The zero-order valence-corrected chi connectivity index (χ0v) is 14.9. The van der Waals surface area contributed by atoms with Crippen molar-refractivity contribution in [1.82, 2.24) is 10.7 Å². The summed E-state index contributed by atoms with van der Waals surface area (Å²) in [4.78, 5) is 23.3. The van der Waals surface area contributed by atoms with E-state index in [1.807, 2.05) is 0 Å². The molecule has 132 valence electrons. The van der Waals surface area contributed by atoms with Crippen molar-refractivity contribution in [3.63, 3.8) is 0 Å². The van der Waals surface area contributed by atoms with E-state index in [4.69, 9.17) is 9.15 Å². The number of hydrogen-bond acceptors (Lipinski definition) is 6. The molecule has 2 rings (SSSR count). The Morgan fingerprint density at radius 2 is 2.20 bits per heavy atom. The Balaban J connectivity index is 1.91. The standard InChI is InChI=1S/C16H16BrN3O5/c1-2-24-13-7-10(6-12(17)14(13)21)8-19-20-16(23)15(22)18-9-11-4-3-5-25-11/h3-8,21H,2,9H2,1H3,(H,18,22)(H,20,23)/b19-8-. The minimum atomic E-state index is -0.911. The van der Waals surface area contributed by atoms with Gasteiger partial charge in [-0.2, -0.15) is 5.10 Å². The van der Waals surface area contributed by atoms with Crippen molar-refractivity contribution in [2.45, 2.75) is 13.5 Å². The van der Waals surface area contributed by atoms with Gasteiger partial charge in [0.25, 0.3) is 0 Å². The van der Waals surface area contributed by atoms with Crippen molar-refractivity contribution < 1.29 is 23.8 Å². The molecule has 2 amide bonds. The van der Waals surface area contributed by atoms with Crippen molar-refractivity contribution in [1.29, 1.82) is 0 Å². The Hall–Kier alpha value is -2.81. The average Bonchev–Trinajstić information content (AvgIpc) is 3.10. The maximum absolute atomic E-state index is 11.6. The summed E-state index contributed by atoms with van der Waals surface area (Å²) in [7, 11) is 0. The second kappa shape index (κ2) is 8.88. The number of nitrogens with zero attached hydrogens (tertiary/aromatic N) is 1. The zero-order chi connectivity index (χ0) is 18.2. The Morgan fingerprint density at radius 1 is 1.40 bits per heavy atom. The highest BCUT2D eigenvalue weighted by atomic mass is 79.9. The molecule has 0 aliphatic heterocycles. The number of rotatable bonds is 6. The minimum absolute atomic E-state index is 0.0275. The Labute approximate surface area is 152 Å². The maximum atomic E-state index is 11.6. The molecule has 0 radical (unpaired) electrons. The van der Waals surface area contributed by atoms with Gasteiger partial charge in [0.15, 0.2) is 11.5 Å². The Bertz CT molecular complexity index is 774. The molecule has 0 fully saturated rings. The number of benzene rings is 1. The maximum Gasteiger partial charge on any atom is 0.329 e. The molecule has 0 saturated heterocycles. The van der Waals surface area contributed by atoms with E-state index in [-0.39, 0.29) is 18.0 Å². The number of carbonyl (C=O) groups excluding carboxylic acids is 2. The summed E-state index contributed by atoms with van der Waals surface area (Å²) in [6.45, 7) is 2.27. The van der Waals surface area contributed by atoms with Crippen molar-refractivity contribution in [3.05, 3.63) is 46.3 Å². The molecule has 0 bridgehead atoms. The third-order valence-corrected chi connectivity index (χ3v) is 3.54. The summed E-state index contributed by atoms with van der Waals surface area (Å²) >= 11 is 3.20. The first kappa shape index (κ1) is 18.5. The molecule has 9 heteroatoms. The lowest BCUT2D eigenvalue weighted by Gasteiger charge is -2.08. The van der Waals surface area contributed by atoms with E-state index in [0.29, 0.717) is 22.4 Å². The summed E-state index contributed by atoms with van der Waals surface area (Å²) in [5.41, 5.74) is 2.68. The SMILES string of the molecule is CCOc1cc(/C=N\NC(=O)C(=O)NCc2ccco2)cc(Br)c1O. The van der Waals surface area contributed by atoms with Crippen LogP contribution >= 0.6 is 15.9 Å². The summed E-state index contributed by atoms with van der Waals surface area (Å²) in [5, 5.41) is 15.9. The van der Waals surface area contributed by atoms with Gasteiger partial charge in [-0.25, -0.2) is 5.43 Å². The van der Waals surface area contributed by atoms with Gasteiger partial charge in [0, 0.05) is 0 Å². The van der Waals surface area contributed by atoms with Crippen molar-refractivity contribution in [3.8, 4) is 11.5 Å². The molecular weight excluding hydrogens is 394 g/mol. The number of phenols is 1. The van der Waals surface area contributed by atoms with Gasteiger partial charge in [-0.3, -0.25) is 9.59 Å². The fourth-order valence-corrected chi connectivity index (χ4v) is 2.27. The fraction of sp³-hybridized carbons (Fsp3) is 0.188. The Kier molecular flexibility index (Phi) is 6.58. The van der Waals surface area contributed by atoms with Gasteiger partial charge < -0.3 is 19.6 Å². The number of aromatic hydroxyl groups is 1. The lowest BCUT2D eigenvalue weighted by atomic mass is 10.2. The molecule has 1 aromatic carbocycles. The topological polar surface area (TPSA) is 113 Å². The van der Waals surface area contributed by atoms with Crippen LogP contribution in [0.5, 0.6) is 11.5 Å². The van der Waals surface area contributed by atoms with Crippen LogP contribution in [0.25, 0.3) is 0 Å². The number of ether oxygens (including phenoxy) is 1. The summed E-state index contributed by atoms with van der Waals surface area (Å²) in [6, 6.07) is 6.49. The van der Waals surface area contributed by atoms with Crippen LogP contribution in [0.4, 0.5) is 0 Å². The number of nitrogens with one attached hydrogen (secondary N) is 2. The van der Waals surface area contributed by atoms with Crippen molar-refractivity contribution in [2.24, 2.45) is 5.10 Å². The molecule has 8 nitrogen and oxygen atoms in total. The monoisotopic (exact) mass is 409 g/mol. The highest BCUT2D eigenvalue weighted by molar-refractivity contribution is 9.10. The van der Waals surface area contributed by atoms with Crippen LogP contribution in [0.15, 0.2) is 44.5 Å². The van der Waals surface area contributed by atoms with E-state index in [2.05, 4.69) is 31.8 Å². The quantitative estimate of drug-likeness (QED) is 0.383. The van der Waals surface area contributed by atoms with Gasteiger partial charge in [-0.1, -0.05) is 0 Å². The Morgan fingerprint density at radius 3 is 2.88 bits per heavy atom.